The molecule has 4 aliphatic carbocycles. The fraction of sp³-hybridized carbons (Fsp3) is 0.737. The van der Waals surface area contributed by atoms with E-state index >= 15 is 0 Å². The number of allylic oxidation sites excluding steroid dienone is 2. The van der Waals surface area contributed by atoms with Crippen molar-refractivity contribution in [3.63, 3.8) is 0 Å². The maximum Gasteiger partial charge on any atom is 0.155 e. The molecule has 2 heteroatoms. The third-order valence-electron chi connectivity index (χ3n) is 6.95. The van der Waals surface area contributed by atoms with E-state index in [4.69, 9.17) is 0 Å². The van der Waals surface area contributed by atoms with E-state index in [-0.39, 0.29) is 11.5 Å². The fourth-order valence-electron chi connectivity index (χ4n) is 5.84. The zero-order valence-electron chi connectivity index (χ0n) is 13.1. The summed E-state index contributed by atoms with van der Waals surface area (Å²) < 4.78 is 0. The number of hydrogen-bond acceptors (Lipinski definition) is 2. The number of carbonyl (C=O) groups excluding carboxylic acids is 1. The summed E-state index contributed by atoms with van der Waals surface area (Å²) in [7, 11) is 0. The topological polar surface area (TPSA) is 37.3 Å². The maximum atomic E-state index is 11.7. The molecule has 4 aliphatic rings. The van der Waals surface area contributed by atoms with E-state index in [1.54, 1.807) is 5.57 Å². The molecule has 2 fully saturated rings. The van der Waals surface area contributed by atoms with Gasteiger partial charge in [0.05, 0.1) is 6.10 Å². The lowest BCUT2D eigenvalue weighted by Gasteiger charge is -2.51. The van der Waals surface area contributed by atoms with Crippen LogP contribution < -0.4 is 0 Å². The lowest BCUT2D eigenvalue weighted by Crippen LogP contribution is -2.44. The summed E-state index contributed by atoms with van der Waals surface area (Å²) in [5, 5.41) is 10.6. The van der Waals surface area contributed by atoms with Gasteiger partial charge in [0.25, 0.3) is 0 Å². The number of rotatable bonds is 0. The van der Waals surface area contributed by atoms with Crippen molar-refractivity contribution in [1.29, 1.82) is 0 Å². The van der Waals surface area contributed by atoms with Crippen LogP contribution in [0.25, 0.3) is 0 Å². The first-order valence-corrected chi connectivity index (χ1v) is 8.64. The molecule has 0 radical (unpaired) electrons. The number of ketones is 1. The van der Waals surface area contributed by atoms with Gasteiger partial charge in [-0.2, -0.15) is 0 Å². The van der Waals surface area contributed by atoms with E-state index in [1.807, 2.05) is 6.08 Å². The lowest BCUT2D eigenvalue weighted by atomic mass is 9.54. The van der Waals surface area contributed by atoms with Gasteiger partial charge in [-0.15, -0.1) is 0 Å². The highest BCUT2D eigenvalue weighted by Crippen LogP contribution is 2.60. The Balaban J connectivity index is 1.68. The fourth-order valence-corrected chi connectivity index (χ4v) is 5.84. The van der Waals surface area contributed by atoms with Crippen LogP contribution in [0.15, 0.2) is 23.3 Å². The van der Waals surface area contributed by atoms with Crippen LogP contribution in [0.5, 0.6) is 0 Å². The Morgan fingerprint density at radius 3 is 2.76 bits per heavy atom. The predicted octanol–water partition coefficient (Wildman–Crippen LogP) is 3.66. The number of fused-ring (bicyclic) bond motifs is 5. The molecule has 0 heterocycles. The van der Waals surface area contributed by atoms with Crippen LogP contribution in [-0.2, 0) is 4.79 Å². The number of hydrogen-bond donors (Lipinski definition) is 1. The smallest absolute Gasteiger partial charge is 0.155 e. The van der Waals surface area contributed by atoms with Crippen LogP contribution in [-0.4, -0.2) is 17.0 Å². The Morgan fingerprint density at radius 2 is 1.95 bits per heavy atom. The molecule has 0 unspecified atom stereocenters. The largest absolute Gasteiger partial charge is 0.392 e. The van der Waals surface area contributed by atoms with E-state index in [2.05, 4.69) is 19.9 Å². The van der Waals surface area contributed by atoms with Crippen molar-refractivity contribution in [3.05, 3.63) is 23.3 Å². The molecule has 0 aromatic rings. The Bertz CT molecular complexity index is 544. The minimum Gasteiger partial charge on any atom is -0.392 e. The molecule has 6 atom stereocenters. The summed E-state index contributed by atoms with van der Waals surface area (Å²) in [6, 6.07) is 0. The molecule has 0 aliphatic heterocycles. The molecule has 0 spiro atoms. The SMILES string of the molecule is C[C@@H]1C=C2[C@@H]3CCC4=CC(=O)CC[C@@H]4[C@H]3CC[C@]2(C)[C@H]1O. The van der Waals surface area contributed by atoms with Gasteiger partial charge in [0, 0.05) is 17.8 Å². The summed E-state index contributed by atoms with van der Waals surface area (Å²) in [6.07, 6.45) is 10.6. The van der Waals surface area contributed by atoms with Crippen LogP contribution in [0.2, 0.25) is 0 Å². The van der Waals surface area contributed by atoms with Gasteiger partial charge in [0.15, 0.2) is 5.78 Å². The summed E-state index contributed by atoms with van der Waals surface area (Å²) in [5.74, 6) is 2.65. The van der Waals surface area contributed by atoms with Crippen molar-refractivity contribution in [1.82, 2.24) is 0 Å². The van der Waals surface area contributed by atoms with Crippen molar-refractivity contribution < 1.29 is 9.90 Å². The Labute approximate surface area is 127 Å². The minimum absolute atomic E-state index is 0.0201. The van der Waals surface area contributed by atoms with E-state index in [0.717, 1.165) is 31.6 Å². The van der Waals surface area contributed by atoms with Crippen molar-refractivity contribution in [2.75, 3.05) is 0 Å². The average molecular weight is 286 g/mol. The molecule has 114 valence electrons. The summed E-state index contributed by atoms with van der Waals surface area (Å²) in [4.78, 5) is 11.7. The zero-order chi connectivity index (χ0) is 14.8. The molecule has 2 saturated carbocycles. The van der Waals surface area contributed by atoms with Crippen molar-refractivity contribution in [2.24, 2.45) is 29.1 Å². The van der Waals surface area contributed by atoms with Gasteiger partial charge < -0.3 is 5.11 Å². The Hall–Kier alpha value is -0.890. The molecule has 0 amide bonds. The van der Waals surface area contributed by atoms with Gasteiger partial charge in [0.2, 0.25) is 0 Å². The van der Waals surface area contributed by atoms with Crippen LogP contribution in [0, 0.1) is 29.1 Å². The van der Waals surface area contributed by atoms with E-state index in [0.29, 0.717) is 23.5 Å². The van der Waals surface area contributed by atoms with Gasteiger partial charge in [-0.1, -0.05) is 31.1 Å². The first-order chi connectivity index (χ1) is 10.0. The van der Waals surface area contributed by atoms with Crippen molar-refractivity contribution in [2.45, 2.75) is 58.5 Å². The van der Waals surface area contributed by atoms with E-state index in [9.17, 15) is 9.90 Å². The number of aliphatic hydroxyl groups is 1. The van der Waals surface area contributed by atoms with Gasteiger partial charge >= 0.3 is 0 Å². The molecule has 1 N–H and O–H groups in total. The molecule has 0 aromatic heterocycles. The normalized spacial score (nSPS) is 48.9. The Morgan fingerprint density at radius 1 is 1.19 bits per heavy atom. The van der Waals surface area contributed by atoms with Gasteiger partial charge in [0.1, 0.15) is 0 Å². The number of carbonyl (C=O) groups is 1. The quantitative estimate of drug-likeness (QED) is 0.690. The predicted molar refractivity (Wildman–Crippen MR) is 82.6 cm³/mol. The minimum atomic E-state index is -0.196. The second-order valence-corrected chi connectivity index (χ2v) is 8.02. The highest BCUT2D eigenvalue weighted by Gasteiger charge is 2.53. The van der Waals surface area contributed by atoms with Gasteiger partial charge in [-0.25, -0.2) is 0 Å². The van der Waals surface area contributed by atoms with E-state index in [1.165, 1.54) is 18.4 Å². The molecule has 0 saturated heterocycles. The van der Waals surface area contributed by atoms with Crippen LogP contribution >= 0.6 is 0 Å². The summed E-state index contributed by atoms with van der Waals surface area (Å²) >= 11 is 0. The van der Waals surface area contributed by atoms with Gasteiger partial charge in [-0.3, -0.25) is 4.79 Å². The van der Waals surface area contributed by atoms with Gasteiger partial charge in [-0.05, 0) is 55.9 Å². The average Bonchev–Trinajstić information content (AvgIpc) is 2.70. The second kappa shape index (κ2) is 4.55. The summed E-state index contributed by atoms with van der Waals surface area (Å²) in [5.41, 5.74) is 3.00. The molecular formula is C19H26O2. The summed E-state index contributed by atoms with van der Waals surface area (Å²) in [6.45, 7) is 4.43. The third-order valence-corrected chi connectivity index (χ3v) is 6.95. The zero-order valence-corrected chi connectivity index (χ0v) is 13.1. The molecule has 21 heavy (non-hydrogen) atoms. The lowest BCUT2D eigenvalue weighted by molar-refractivity contribution is -0.115. The standard InChI is InChI=1S/C19H26O2/c1-11-9-17-16-5-3-12-10-13(20)4-6-14(12)15(16)7-8-19(17,2)18(11)21/h9-11,14-16,18,21H,3-8H2,1-2H3/t11-,14+,15-,16-,18+,19+/m1/s1. The molecule has 4 rings (SSSR count). The monoisotopic (exact) mass is 286 g/mol. The Kier molecular flexibility index (Phi) is 2.98. The maximum absolute atomic E-state index is 11.7. The van der Waals surface area contributed by atoms with Crippen molar-refractivity contribution in [3.8, 4) is 0 Å². The molecule has 0 bridgehead atoms. The molecule has 0 aromatic carbocycles. The third kappa shape index (κ3) is 1.84. The van der Waals surface area contributed by atoms with Crippen LogP contribution in [0.4, 0.5) is 0 Å². The van der Waals surface area contributed by atoms with Crippen LogP contribution in [0.1, 0.15) is 52.4 Å². The van der Waals surface area contributed by atoms with Crippen molar-refractivity contribution >= 4 is 5.78 Å². The first-order valence-electron chi connectivity index (χ1n) is 8.64. The highest BCUT2D eigenvalue weighted by molar-refractivity contribution is 5.91. The number of aliphatic hydroxyl groups excluding tert-OH is 1. The highest BCUT2D eigenvalue weighted by atomic mass is 16.3. The second-order valence-electron chi connectivity index (χ2n) is 8.02. The first kappa shape index (κ1) is 13.8. The van der Waals surface area contributed by atoms with Crippen LogP contribution in [0.3, 0.4) is 0 Å². The molecular weight excluding hydrogens is 260 g/mol. The molecule has 2 nitrogen and oxygen atoms in total. The van der Waals surface area contributed by atoms with E-state index < -0.39 is 0 Å².